The molecule has 78 valence electrons. The van der Waals surface area contributed by atoms with Gasteiger partial charge in [-0.3, -0.25) is 0 Å². The van der Waals surface area contributed by atoms with E-state index in [2.05, 4.69) is 37.4 Å². The van der Waals surface area contributed by atoms with Crippen LogP contribution < -0.4 is 5.32 Å². The maximum Gasteiger partial charge on any atom is 0.0555 e. The van der Waals surface area contributed by atoms with Crippen LogP contribution in [0.5, 0.6) is 0 Å². The molecule has 0 aromatic heterocycles. The predicted octanol–water partition coefficient (Wildman–Crippen LogP) is 1.43. The Balaban J connectivity index is 2.39. The van der Waals surface area contributed by atoms with Gasteiger partial charge in [-0.2, -0.15) is 0 Å². The van der Waals surface area contributed by atoms with Crippen LogP contribution >= 0.6 is 0 Å². The molecular formula is C12H19NO. The van der Waals surface area contributed by atoms with Crippen LogP contribution in [0, 0.1) is 13.8 Å². The summed E-state index contributed by atoms with van der Waals surface area (Å²) >= 11 is 0. The molecule has 2 heteroatoms. The number of rotatable bonds is 5. The van der Waals surface area contributed by atoms with Crippen molar-refractivity contribution in [3.8, 4) is 0 Å². The average Bonchev–Trinajstić information content (AvgIpc) is 2.18. The van der Waals surface area contributed by atoms with Crippen molar-refractivity contribution in [1.29, 1.82) is 0 Å². The van der Waals surface area contributed by atoms with Gasteiger partial charge in [0.15, 0.2) is 0 Å². The number of aryl methyl sites for hydroxylation is 2. The van der Waals surface area contributed by atoms with Crippen molar-refractivity contribution in [1.82, 2.24) is 5.32 Å². The molecule has 14 heavy (non-hydrogen) atoms. The third-order valence-corrected chi connectivity index (χ3v) is 2.45. The summed E-state index contributed by atoms with van der Waals surface area (Å²) in [6.45, 7) is 6.10. The molecule has 1 aromatic rings. The summed E-state index contributed by atoms with van der Waals surface area (Å²) in [4.78, 5) is 0. The van der Waals surface area contributed by atoms with Gasteiger partial charge in [-0.25, -0.2) is 0 Å². The maximum atomic E-state index is 8.58. The van der Waals surface area contributed by atoms with Crippen molar-refractivity contribution in [3.63, 3.8) is 0 Å². The number of hydrogen-bond donors (Lipinski definition) is 2. The Kier molecular flexibility index (Phi) is 4.63. The van der Waals surface area contributed by atoms with Gasteiger partial charge in [0.05, 0.1) is 6.61 Å². The van der Waals surface area contributed by atoms with E-state index in [0.717, 1.165) is 13.0 Å². The van der Waals surface area contributed by atoms with E-state index in [4.69, 9.17) is 5.11 Å². The molecule has 0 heterocycles. The lowest BCUT2D eigenvalue weighted by Gasteiger charge is -2.05. The molecule has 0 aliphatic heterocycles. The molecule has 0 unspecified atom stereocenters. The third-order valence-electron chi connectivity index (χ3n) is 2.45. The van der Waals surface area contributed by atoms with E-state index >= 15 is 0 Å². The van der Waals surface area contributed by atoms with Gasteiger partial charge >= 0.3 is 0 Å². The van der Waals surface area contributed by atoms with Gasteiger partial charge in [0.2, 0.25) is 0 Å². The lowest BCUT2D eigenvalue weighted by molar-refractivity contribution is 0.293. The van der Waals surface area contributed by atoms with E-state index in [0.29, 0.717) is 6.54 Å². The Hall–Kier alpha value is -0.860. The highest BCUT2D eigenvalue weighted by Crippen LogP contribution is 2.09. The Morgan fingerprint density at radius 3 is 2.57 bits per heavy atom. The van der Waals surface area contributed by atoms with E-state index in [-0.39, 0.29) is 6.61 Å². The van der Waals surface area contributed by atoms with Gasteiger partial charge in [0.25, 0.3) is 0 Å². The van der Waals surface area contributed by atoms with Crippen LogP contribution in [-0.2, 0) is 6.42 Å². The van der Waals surface area contributed by atoms with E-state index in [1.54, 1.807) is 0 Å². The highest BCUT2D eigenvalue weighted by atomic mass is 16.3. The quantitative estimate of drug-likeness (QED) is 0.693. The largest absolute Gasteiger partial charge is 0.395 e. The van der Waals surface area contributed by atoms with Crippen LogP contribution in [0.1, 0.15) is 16.7 Å². The minimum absolute atomic E-state index is 0.215. The van der Waals surface area contributed by atoms with Crippen LogP contribution in [-0.4, -0.2) is 24.8 Å². The molecule has 2 N–H and O–H groups in total. The molecule has 1 aromatic carbocycles. The van der Waals surface area contributed by atoms with Gasteiger partial charge in [-0.15, -0.1) is 0 Å². The molecule has 0 bridgehead atoms. The summed E-state index contributed by atoms with van der Waals surface area (Å²) in [6, 6.07) is 6.57. The van der Waals surface area contributed by atoms with Crippen LogP contribution in [0.2, 0.25) is 0 Å². The molecule has 0 amide bonds. The minimum Gasteiger partial charge on any atom is -0.395 e. The molecular weight excluding hydrogens is 174 g/mol. The fourth-order valence-corrected chi connectivity index (χ4v) is 1.40. The first kappa shape index (κ1) is 11.2. The third kappa shape index (κ3) is 3.48. The van der Waals surface area contributed by atoms with E-state index in [9.17, 15) is 0 Å². The zero-order valence-corrected chi connectivity index (χ0v) is 9.01. The minimum atomic E-state index is 0.215. The number of aliphatic hydroxyl groups excluding tert-OH is 1. The summed E-state index contributed by atoms with van der Waals surface area (Å²) in [5.41, 5.74) is 4.06. The smallest absolute Gasteiger partial charge is 0.0555 e. The second kappa shape index (κ2) is 5.78. The van der Waals surface area contributed by atoms with Gasteiger partial charge < -0.3 is 10.4 Å². The maximum absolute atomic E-state index is 8.58. The number of hydrogen-bond acceptors (Lipinski definition) is 2. The normalized spacial score (nSPS) is 10.5. The first-order valence-electron chi connectivity index (χ1n) is 5.11. The molecule has 0 saturated carbocycles. The van der Waals surface area contributed by atoms with E-state index in [1.165, 1.54) is 16.7 Å². The van der Waals surface area contributed by atoms with Crippen molar-refractivity contribution < 1.29 is 5.11 Å². The van der Waals surface area contributed by atoms with E-state index in [1.807, 2.05) is 0 Å². The molecule has 2 nitrogen and oxygen atoms in total. The second-order valence-electron chi connectivity index (χ2n) is 3.64. The van der Waals surface area contributed by atoms with Crippen LogP contribution in [0.25, 0.3) is 0 Å². The summed E-state index contributed by atoms with van der Waals surface area (Å²) < 4.78 is 0. The zero-order chi connectivity index (χ0) is 10.4. The first-order chi connectivity index (χ1) is 6.74. The fourth-order valence-electron chi connectivity index (χ4n) is 1.40. The molecule has 0 aliphatic carbocycles. The number of aliphatic hydroxyl groups is 1. The standard InChI is InChI=1S/C12H19NO/c1-10-3-4-12(9-11(10)2)5-6-13-7-8-14/h3-4,9,13-14H,5-8H2,1-2H3. The predicted molar refractivity (Wildman–Crippen MR) is 59.6 cm³/mol. The molecule has 0 atom stereocenters. The molecule has 0 aliphatic rings. The van der Waals surface area contributed by atoms with Crippen molar-refractivity contribution in [2.24, 2.45) is 0 Å². The fraction of sp³-hybridized carbons (Fsp3) is 0.500. The second-order valence-corrected chi connectivity index (χ2v) is 3.64. The van der Waals surface area contributed by atoms with E-state index < -0.39 is 0 Å². The molecule has 0 spiro atoms. The first-order valence-corrected chi connectivity index (χ1v) is 5.11. The Morgan fingerprint density at radius 2 is 1.93 bits per heavy atom. The summed E-state index contributed by atoms with van der Waals surface area (Å²) in [5, 5.41) is 11.7. The molecule has 1 rings (SSSR count). The van der Waals surface area contributed by atoms with Crippen molar-refractivity contribution in [2.45, 2.75) is 20.3 Å². The summed E-state index contributed by atoms with van der Waals surface area (Å²) in [7, 11) is 0. The summed E-state index contributed by atoms with van der Waals surface area (Å²) in [6.07, 6.45) is 1.03. The molecule has 0 saturated heterocycles. The van der Waals surface area contributed by atoms with Crippen molar-refractivity contribution in [3.05, 3.63) is 34.9 Å². The highest BCUT2D eigenvalue weighted by Gasteiger charge is 1.95. The van der Waals surface area contributed by atoms with Crippen molar-refractivity contribution in [2.75, 3.05) is 19.7 Å². The lowest BCUT2D eigenvalue weighted by atomic mass is 10.0. The van der Waals surface area contributed by atoms with Crippen LogP contribution in [0.15, 0.2) is 18.2 Å². The monoisotopic (exact) mass is 193 g/mol. The van der Waals surface area contributed by atoms with Gasteiger partial charge in [0.1, 0.15) is 0 Å². The lowest BCUT2D eigenvalue weighted by Crippen LogP contribution is -2.20. The zero-order valence-electron chi connectivity index (χ0n) is 9.01. The molecule has 0 radical (unpaired) electrons. The van der Waals surface area contributed by atoms with Crippen LogP contribution in [0.4, 0.5) is 0 Å². The number of benzene rings is 1. The Labute approximate surface area is 86.0 Å². The Bertz CT molecular complexity index is 284. The topological polar surface area (TPSA) is 32.3 Å². The van der Waals surface area contributed by atoms with Gasteiger partial charge in [0, 0.05) is 6.54 Å². The number of nitrogens with one attached hydrogen (secondary N) is 1. The van der Waals surface area contributed by atoms with Gasteiger partial charge in [-0.05, 0) is 43.5 Å². The van der Waals surface area contributed by atoms with Gasteiger partial charge in [-0.1, -0.05) is 18.2 Å². The highest BCUT2D eigenvalue weighted by molar-refractivity contribution is 5.29. The SMILES string of the molecule is Cc1ccc(CCNCCO)cc1C. The van der Waals surface area contributed by atoms with Crippen molar-refractivity contribution >= 4 is 0 Å². The van der Waals surface area contributed by atoms with Crippen LogP contribution in [0.3, 0.4) is 0 Å². The summed E-state index contributed by atoms with van der Waals surface area (Å²) in [5.74, 6) is 0. The molecule has 0 fully saturated rings. The Morgan fingerprint density at radius 1 is 1.14 bits per heavy atom. The average molecular weight is 193 g/mol.